The second-order valence-electron chi connectivity index (χ2n) is 1.43. The van der Waals surface area contributed by atoms with Gasteiger partial charge in [-0.25, -0.2) is 4.39 Å². The van der Waals surface area contributed by atoms with Gasteiger partial charge in [-0.1, -0.05) is 13.5 Å². The van der Waals surface area contributed by atoms with E-state index in [4.69, 9.17) is 5.73 Å². The van der Waals surface area contributed by atoms with Gasteiger partial charge in [0.1, 0.15) is 5.83 Å². The second kappa shape index (κ2) is 3.24. The second-order valence-corrected chi connectivity index (χ2v) is 1.43. The summed E-state index contributed by atoms with van der Waals surface area (Å²) in [5, 5.41) is 0. The predicted octanol–water partition coefficient (Wildman–Crippen LogP) is 1.72. The van der Waals surface area contributed by atoms with Crippen molar-refractivity contribution in [2.75, 3.05) is 0 Å². The number of allylic oxidation sites excluding steroid dienone is 3. The van der Waals surface area contributed by atoms with Gasteiger partial charge in [-0.05, 0) is 12.5 Å². The zero-order valence-electron chi connectivity index (χ0n) is 4.95. The summed E-state index contributed by atoms with van der Waals surface area (Å²) in [6.07, 6.45) is 1.65. The van der Waals surface area contributed by atoms with Gasteiger partial charge in [0.05, 0.1) is 0 Å². The molecule has 0 atom stereocenters. The quantitative estimate of drug-likeness (QED) is 0.545. The lowest BCUT2D eigenvalue weighted by Gasteiger charge is -1.92. The van der Waals surface area contributed by atoms with E-state index >= 15 is 0 Å². The Balaban J connectivity index is 4.03. The molecule has 0 heterocycles. The first kappa shape index (κ1) is 7.21. The molecule has 1 nitrogen and oxygen atoms in total. The van der Waals surface area contributed by atoms with E-state index in [-0.39, 0.29) is 5.70 Å². The zero-order valence-corrected chi connectivity index (χ0v) is 4.95. The number of nitrogens with two attached hydrogens (primary N) is 1. The molecule has 0 rings (SSSR count). The fraction of sp³-hybridized carbons (Fsp3) is 0.333. The summed E-state index contributed by atoms with van der Waals surface area (Å²) in [6, 6.07) is 0. The largest absolute Gasteiger partial charge is 0.400 e. The zero-order chi connectivity index (χ0) is 6.57. The molecule has 0 aromatic heterocycles. The van der Waals surface area contributed by atoms with Gasteiger partial charge in [0, 0.05) is 5.70 Å². The van der Waals surface area contributed by atoms with E-state index in [1.165, 1.54) is 0 Å². The van der Waals surface area contributed by atoms with Crippen LogP contribution in [0.5, 0.6) is 0 Å². The Morgan fingerprint density at radius 1 is 1.88 bits per heavy atom. The normalized spacial score (nSPS) is 12.8. The van der Waals surface area contributed by atoms with Gasteiger partial charge in [-0.15, -0.1) is 0 Å². The van der Waals surface area contributed by atoms with Crippen LogP contribution in [0.1, 0.15) is 13.3 Å². The van der Waals surface area contributed by atoms with Crippen molar-refractivity contribution in [1.82, 2.24) is 0 Å². The minimum absolute atomic E-state index is 0.264. The SMILES string of the molecule is C=C/C(F)=C(/N)CC. The van der Waals surface area contributed by atoms with E-state index in [1.54, 1.807) is 6.92 Å². The average molecular weight is 115 g/mol. The minimum Gasteiger partial charge on any atom is -0.400 e. The summed E-state index contributed by atoms with van der Waals surface area (Å²) in [5.41, 5.74) is 5.42. The fourth-order valence-electron chi connectivity index (χ4n) is 0.300. The standard InChI is InChI=1S/C6H10FN/c1-3-5(7)6(8)4-2/h3H,1,4,8H2,2H3/b6-5-. The van der Waals surface area contributed by atoms with Crippen molar-refractivity contribution in [1.29, 1.82) is 0 Å². The van der Waals surface area contributed by atoms with E-state index in [0.29, 0.717) is 6.42 Å². The maximum atomic E-state index is 12.2. The molecule has 0 aliphatic rings. The Bertz CT molecular complexity index is 116. The van der Waals surface area contributed by atoms with Gasteiger partial charge in [-0.3, -0.25) is 0 Å². The van der Waals surface area contributed by atoms with Crippen LogP contribution in [-0.4, -0.2) is 0 Å². The third kappa shape index (κ3) is 1.78. The Kier molecular flexibility index (Phi) is 2.92. The molecule has 8 heavy (non-hydrogen) atoms. The Hall–Kier alpha value is -0.790. The molecule has 0 unspecified atom stereocenters. The highest BCUT2D eigenvalue weighted by Crippen LogP contribution is 2.03. The molecule has 0 amide bonds. The molecule has 0 aromatic carbocycles. The van der Waals surface area contributed by atoms with Gasteiger partial charge < -0.3 is 5.73 Å². The third-order valence-electron chi connectivity index (χ3n) is 0.867. The molecule has 0 aliphatic carbocycles. The van der Waals surface area contributed by atoms with Crippen LogP contribution in [0.4, 0.5) is 4.39 Å². The first-order valence-electron chi connectivity index (χ1n) is 2.49. The summed E-state index contributed by atoms with van der Waals surface area (Å²) in [6.45, 7) is 5.01. The van der Waals surface area contributed by atoms with Crippen molar-refractivity contribution in [2.24, 2.45) is 5.73 Å². The molecule has 2 heteroatoms. The molecule has 0 spiro atoms. The van der Waals surface area contributed by atoms with Gasteiger partial charge >= 0.3 is 0 Å². The van der Waals surface area contributed by atoms with Crippen LogP contribution in [0.15, 0.2) is 24.2 Å². The van der Waals surface area contributed by atoms with Crippen LogP contribution in [0, 0.1) is 0 Å². The summed E-state index contributed by atoms with van der Waals surface area (Å²) in [7, 11) is 0. The van der Waals surface area contributed by atoms with Gasteiger partial charge in [0.25, 0.3) is 0 Å². The van der Waals surface area contributed by atoms with Crippen molar-refractivity contribution in [3.8, 4) is 0 Å². The van der Waals surface area contributed by atoms with E-state index in [9.17, 15) is 4.39 Å². The van der Waals surface area contributed by atoms with Gasteiger partial charge in [0.15, 0.2) is 0 Å². The van der Waals surface area contributed by atoms with Crippen molar-refractivity contribution in [3.05, 3.63) is 24.2 Å². The molecular weight excluding hydrogens is 105 g/mol. The lowest BCUT2D eigenvalue weighted by atomic mass is 10.3. The predicted molar refractivity (Wildman–Crippen MR) is 32.8 cm³/mol. The highest BCUT2D eigenvalue weighted by atomic mass is 19.1. The summed E-state index contributed by atoms with van der Waals surface area (Å²) in [5.74, 6) is -0.410. The molecule has 0 radical (unpaired) electrons. The smallest absolute Gasteiger partial charge is 0.141 e. The van der Waals surface area contributed by atoms with E-state index < -0.39 is 5.83 Å². The maximum Gasteiger partial charge on any atom is 0.141 e. The first-order chi connectivity index (χ1) is 3.72. The lowest BCUT2D eigenvalue weighted by molar-refractivity contribution is 0.646. The molecule has 0 saturated heterocycles. The number of halogens is 1. The van der Waals surface area contributed by atoms with E-state index in [0.717, 1.165) is 6.08 Å². The van der Waals surface area contributed by atoms with Crippen LogP contribution in [0.25, 0.3) is 0 Å². The highest BCUT2D eigenvalue weighted by Gasteiger charge is 1.91. The number of hydrogen-bond donors (Lipinski definition) is 1. The van der Waals surface area contributed by atoms with Crippen molar-refractivity contribution in [3.63, 3.8) is 0 Å². The molecule has 46 valence electrons. The van der Waals surface area contributed by atoms with Crippen molar-refractivity contribution >= 4 is 0 Å². The Morgan fingerprint density at radius 3 is 2.50 bits per heavy atom. The third-order valence-corrected chi connectivity index (χ3v) is 0.867. The molecule has 2 N–H and O–H groups in total. The van der Waals surface area contributed by atoms with Gasteiger partial charge in [-0.2, -0.15) is 0 Å². The molecule has 0 fully saturated rings. The number of hydrogen-bond acceptors (Lipinski definition) is 1. The fourth-order valence-corrected chi connectivity index (χ4v) is 0.300. The lowest BCUT2D eigenvalue weighted by Crippen LogP contribution is -1.96. The molecule has 0 aromatic rings. The van der Waals surface area contributed by atoms with Crippen LogP contribution >= 0.6 is 0 Å². The first-order valence-corrected chi connectivity index (χ1v) is 2.49. The van der Waals surface area contributed by atoms with Gasteiger partial charge in [0.2, 0.25) is 0 Å². The van der Waals surface area contributed by atoms with Crippen molar-refractivity contribution < 1.29 is 4.39 Å². The van der Waals surface area contributed by atoms with Crippen LogP contribution in [0.3, 0.4) is 0 Å². The van der Waals surface area contributed by atoms with Crippen LogP contribution in [0.2, 0.25) is 0 Å². The maximum absolute atomic E-state index is 12.2. The minimum atomic E-state index is -0.410. The topological polar surface area (TPSA) is 26.0 Å². The van der Waals surface area contributed by atoms with Crippen LogP contribution < -0.4 is 5.73 Å². The summed E-state index contributed by atoms with van der Waals surface area (Å²) in [4.78, 5) is 0. The van der Waals surface area contributed by atoms with E-state index in [1.807, 2.05) is 0 Å². The number of rotatable bonds is 2. The average Bonchev–Trinajstić information content (AvgIpc) is 1.84. The summed E-state index contributed by atoms with van der Waals surface area (Å²) >= 11 is 0. The Morgan fingerprint density at radius 2 is 2.38 bits per heavy atom. The molecule has 0 bridgehead atoms. The molecule has 0 aliphatic heterocycles. The monoisotopic (exact) mass is 115 g/mol. The molecular formula is C6H10FN. The van der Waals surface area contributed by atoms with Crippen molar-refractivity contribution in [2.45, 2.75) is 13.3 Å². The molecule has 0 saturated carbocycles. The van der Waals surface area contributed by atoms with E-state index in [2.05, 4.69) is 6.58 Å². The highest BCUT2D eigenvalue weighted by molar-refractivity contribution is 5.13. The Labute approximate surface area is 48.7 Å². The van der Waals surface area contributed by atoms with Crippen LogP contribution in [-0.2, 0) is 0 Å². The summed E-state index contributed by atoms with van der Waals surface area (Å²) < 4.78 is 12.2.